The van der Waals surface area contributed by atoms with Crippen LogP contribution in [0.1, 0.15) is 57.3 Å². The topological polar surface area (TPSA) is 64.9 Å². The third-order valence-corrected chi connectivity index (χ3v) is 2.90. The van der Waals surface area contributed by atoms with Crippen LogP contribution in [0.3, 0.4) is 0 Å². The predicted octanol–water partition coefficient (Wildman–Crippen LogP) is 1.92. The number of aromatic nitrogens is 2. The van der Waals surface area contributed by atoms with E-state index in [2.05, 4.69) is 24.0 Å². The monoisotopic (exact) mass is 195 g/mol. The standard InChI is InChI=1S/C10H17N3O/c1-3-4-7(11)8-12-9(13-14-8)10(2)5-6-10/h7H,3-6,11H2,1-2H3/t7-/m0/s1. The van der Waals surface area contributed by atoms with Gasteiger partial charge in [-0.3, -0.25) is 0 Å². The summed E-state index contributed by atoms with van der Waals surface area (Å²) in [5.41, 5.74) is 6.06. The highest BCUT2D eigenvalue weighted by Gasteiger charge is 2.43. The van der Waals surface area contributed by atoms with Gasteiger partial charge in [0.2, 0.25) is 5.89 Å². The summed E-state index contributed by atoms with van der Waals surface area (Å²) in [6.45, 7) is 4.26. The summed E-state index contributed by atoms with van der Waals surface area (Å²) in [5.74, 6) is 1.43. The first-order chi connectivity index (χ1) is 6.65. The van der Waals surface area contributed by atoms with E-state index < -0.39 is 0 Å². The zero-order chi connectivity index (χ0) is 10.2. The molecule has 1 heterocycles. The lowest BCUT2D eigenvalue weighted by Crippen LogP contribution is -2.11. The molecule has 1 fully saturated rings. The summed E-state index contributed by atoms with van der Waals surface area (Å²) in [4.78, 5) is 4.36. The predicted molar refractivity (Wildman–Crippen MR) is 52.7 cm³/mol. The van der Waals surface area contributed by atoms with Crippen LogP contribution in [0.25, 0.3) is 0 Å². The van der Waals surface area contributed by atoms with Crippen molar-refractivity contribution in [1.82, 2.24) is 10.1 Å². The molecule has 1 saturated carbocycles. The summed E-state index contributed by atoms with van der Waals surface area (Å²) < 4.78 is 5.16. The highest BCUT2D eigenvalue weighted by Crippen LogP contribution is 2.46. The van der Waals surface area contributed by atoms with Crippen LogP contribution in [0.4, 0.5) is 0 Å². The lowest BCUT2D eigenvalue weighted by Gasteiger charge is -2.02. The fourth-order valence-electron chi connectivity index (χ4n) is 1.48. The fraction of sp³-hybridized carbons (Fsp3) is 0.800. The van der Waals surface area contributed by atoms with Gasteiger partial charge in [0.1, 0.15) is 0 Å². The zero-order valence-corrected chi connectivity index (χ0v) is 8.79. The van der Waals surface area contributed by atoms with Crippen LogP contribution in [-0.2, 0) is 5.41 Å². The van der Waals surface area contributed by atoms with Crippen molar-refractivity contribution in [3.63, 3.8) is 0 Å². The molecule has 0 aromatic carbocycles. The van der Waals surface area contributed by atoms with E-state index >= 15 is 0 Å². The smallest absolute Gasteiger partial charge is 0.243 e. The van der Waals surface area contributed by atoms with E-state index in [1.54, 1.807) is 0 Å². The minimum absolute atomic E-state index is 0.0939. The molecular weight excluding hydrogens is 178 g/mol. The number of rotatable bonds is 4. The van der Waals surface area contributed by atoms with Crippen molar-refractivity contribution >= 4 is 0 Å². The van der Waals surface area contributed by atoms with E-state index in [1.165, 1.54) is 0 Å². The summed E-state index contributed by atoms with van der Waals surface area (Å²) in [6, 6.07) is -0.0939. The van der Waals surface area contributed by atoms with Crippen LogP contribution in [0, 0.1) is 0 Å². The Labute approximate surface area is 83.9 Å². The highest BCUT2D eigenvalue weighted by molar-refractivity contribution is 5.14. The number of hydrogen-bond acceptors (Lipinski definition) is 4. The molecule has 1 aliphatic carbocycles. The number of nitrogens with zero attached hydrogens (tertiary/aromatic N) is 2. The summed E-state index contributed by atoms with van der Waals surface area (Å²) in [7, 11) is 0. The van der Waals surface area contributed by atoms with E-state index in [9.17, 15) is 0 Å². The van der Waals surface area contributed by atoms with Crippen molar-refractivity contribution in [2.24, 2.45) is 5.73 Å². The van der Waals surface area contributed by atoms with Crippen LogP contribution >= 0.6 is 0 Å². The zero-order valence-electron chi connectivity index (χ0n) is 8.79. The Kier molecular flexibility index (Phi) is 2.31. The van der Waals surface area contributed by atoms with Gasteiger partial charge in [-0.25, -0.2) is 0 Å². The number of hydrogen-bond donors (Lipinski definition) is 1. The second-order valence-electron chi connectivity index (χ2n) is 4.41. The van der Waals surface area contributed by atoms with Gasteiger partial charge in [-0.2, -0.15) is 4.98 Å². The molecule has 0 unspecified atom stereocenters. The average Bonchev–Trinajstić information content (AvgIpc) is 2.72. The van der Waals surface area contributed by atoms with Gasteiger partial charge in [0.05, 0.1) is 6.04 Å². The Hall–Kier alpha value is -0.900. The van der Waals surface area contributed by atoms with E-state index in [4.69, 9.17) is 10.3 Å². The van der Waals surface area contributed by atoms with Crippen molar-refractivity contribution in [3.05, 3.63) is 11.7 Å². The van der Waals surface area contributed by atoms with Crippen molar-refractivity contribution in [1.29, 1.82) is 0 Å². The third kappa shape index (κ3) is 1.66. The summed E-state index contributed by atoms with van der Waals surface area (Å²) in [5, 5.41) is 3.99. The molecule has 0 aliphatic heterocycles. The van der Waals surface area contributed by atoms with Gasteiger partial charge in [-0.1, -0.05) is 25.4 Å². The lowest BCUT2D eigenvalue weighted by molar-refractivity contribution is 0.342. The molecule has 78 valence electrons. The number of nitrogens with two attached hydrogens (primary N) is 1. The molecule has 0 radical (unpaired) electrons. The largest absolute Gasteiger partial charge is 0.338 e. The Balaban J connectivity index is 2.09. The molecule has 0 amide bonds. The maximum atomic E-state index is 5.89. The minimum atomic E-state index is -0.0939. The van der Waals surface area contributed by atoms with Gasteiger partial charge in [0, 0.05) is 5.41 Å². The highest BCUT2D eigenvalue weighted by atomic mass is 16.5. The van der Waals surface area contributed by atoms with Crippen molar-refractivity contribution < 1.29 is 4.52 Å². The molecule has 4 nitrogen and oxygen atoms in total. The molecule has 14 heavy (non-hydrogen) atoms. The Morgan fingerprint density at radius 3 is 2.86 bits per heavy atom. The first-order valence-electron chi connectivity index (χ1n) is 5.25. The van der Waals surface area contributed by atoms with Gasteiger partial charge < -0.3 is 10.3 Å². The van der Waals surface area contributed by atoms with Crippen LogP contribution < -0.4 is 5.73 Å². The van der Waals surface area contributed by atoms with Gasteiger partial charge in [-0.15, -0.1) is 0 Å². The second-order valence-corrected chi connectivity index (χ2v) is 4.41. The van der Waals surface area contributed by atoms with E-state index in [-0.39, 0.29) is 11.5 Å². The van der Waals surface area contributed by atoms with Crippen molar-refractivity contribution in [2.45, 2.75) is 51.0 Å². The Morgan fingerprint density at radius 1 is 1.57 bits per heavy atom. The summed E-state index contributed by atoms with van der Waals surface area (Å²) in [6.07, 6.45) is 4.26. The SMILES string of the molecule is CCC[C@H](N)c1nc(C2(C)CC2)no1. The summed E-state index contributed by atoms with van der Waals surface area (Å²) >= 11 is 0. The normalized spacial score (nSPS) is 20.8. The van der Waals surface area contributed by atoms with Crippen molar-refractivity contribution in [3.8, 4) is 0 Å². The third-order valence-electron chi connectivity index (χ3n) is 2.90. The molecule has 0 spiro atoms. The molecule has 0 saturated heterocycles. The van der Waals surface area contributed by atoms with E-state index in [0.717, 1.165) is 31.5 Å². The average molecular weight is 195 g/mol. The molecular formula is C10H17N3O. The maximum Gasteiger partial charge on any atom is 0.243 e. The molecule has 1 aromatic heterocycles. The van der Waals surface area contributed by atoms with Gasteiger partial charge in [0.25, 0.3) is 0 Å². The van der Waals surface area contributed by atoms with Crippen LogP contribution in [0.2, 0.25) is 0 Å². The van der Waals surface area contributed by atoms with E-state index in [1.807, 2.05) is 0 Å². The van der Waals surface area contributed by atoms with Gasteiger partial charge in [-0.05, 0) is 19.3 Å². The Bertz CT molecular complexity index is 317. The molecule has 2 rings (SSSR count). The van der Waals surface area contributed by atoms with Crippen LogP contribution in [0.15, 0.2) is 4.52 Å². The molecule has 1 aromatic rings. The first-order valence-corrected chi connectivity index (χ1v) is 5.25. The molecule has 1 aliphatic rings. The van der Waals surface area contributed by atoms with Crippen LogP contribution in [0.5, 0.6) is 0 Å². The molecule has 4 heteroatoms. The minimum Gasteiger partial charge on any atom is -0.338 e. The van der Waals surface area contributed by atoms with Gasteiger partial charge in [0.15, 0.2) is 5.82 Å². The fourth-order valence-corrected chi connectivity index (χ4v) is 1.48. The Morgan fingerprint density at radius 2 is 2.29 bits per heavy atom. The quantitative estimate of drug-likeness (QED) is 0.797. The molecule has 1 atom stereocenters. The maximum absolute atomic E-state index is 5.89. The van der Waals surface area contributed by atoms with E-state index in [0.29, 0.717) is 5.89 Å². The van der Waals surface area contributed by atoms with Crippen molar-refractivity contribution in [2.75, 3.05) is 0 Å². The lowest BCUT2D eigenvalue weighted by atomic mass is 10.1. The molecule has 2 N–H and O–H groups in total. The van der Waals surface area contributed by atoms with Gasteiger partial charge >= 0.3 is 0 Å². The molecule has 0 bridgehead atoms. The van der Waals surface area contributed by atoms with Crippen LogP contribution in [-0.4, -0.2) is 10.1 Å². The first kappa shape index (κ1) is 9.65. The second kappa shape index (κ2) is 3.35.